The molecule has 0 unspecified atom stereocenters. The van der Waals surface area contributed by atoms with Crippen LogP contribution in [0.5, 0.6) is 0 Å². The number of ether oxygens (including phenoxy) is 1. The number of carbonyl (C=O) groups is 1. The quantitative estimate of drug-likeness (QED) is 0.609. The van der Waals surface area contributed by atoms with E-state index in [4.69, 9.17) is 21.6 Å². The van der Waals surface area contributed by atoms with E-state index < -0.39 is 17.7 Å². The van der Waals surface area contributed by atoms with Crippen molar-refractivity contribution in [3.63, 3.8) is 0 Å². The van der Waals surface area contributed by atoms with Crippen molar-refractivity contribution in [3.05, 3.63) is 58.3 Å². The summed E-state index contributed by atoms with van der Waals surface area (Å²) < 4.78 is 7.20. The van der Waals surface area contributed by atoms with E-state index in [2.05, 4.69) is 26.5 Å². The van der Waals surface area contributed by atoms with Gasteiger partial charge in [-0.1, -0.05) is 23.7 Å². The zero-order valence-electron chi connectivity index (χ0n) is 18.2. The molecule has 2 heterocycles. The number of H-pyrrole nitrogens is 1. The van der Waals surface area contributed by atoms with Gasteiger partial charge in [-0.25, -0.2) is 9.78 Å². The van der Waals surface area contributed by atoms with E-state index in [-0.39, 0.29) is 0 Å². The number of carbonyl (C=O) groups excluding carboxylic acids is 1. The molecule has 0 aliphatic heterocycles. The molecule has 0 aliphatic rings. The summed E-state index contributed by atoms with van der Waals surface area (Å²) in [6, 6.07) is 10.5. The van der Waals surface area contributed by atoms with Gasteiger partial charge in [-0.2, -0.15) is 10.4 Å². The summed E-state index contributed by atoms with van der Waals surface area (Å²) in [7, 11) is 1.86. The van der Waals surface area contributed by atoms with E-state index in [1.807, 2.05) is 20.0 Å². The third kappa shape index (κ3) is 5.64. The van der Waals surface area contributed by atoms with Crippen LogP contribution in [0, 0.1) is 18.3 Å². The van der Waals surface area contributed by atoms with E-state index >= 15 is 0 Å². The standard InChI is InChI=1S/C22H25ClN6O2/c1-13-10-16(28-29(13)5)11-17(25-21(30)31-22(2,3)4)20-26-18(19(23)27-20)15-8-6-14(12-24)7-9-15/h6-10,17H,11H2,1-5H3,(H,25,30)(H,26,27)/t17-/m0/s1. The van der Waals surface area contributed by atoms with Crippen molar-refractivity contribution >= 4 is 17.7 Å². The number of hydrogen-bond acceptors (Lipinski definition) is 5. The molecule has 1 aromatic carbocycles. The summed E-state index contributed by atoms with van der Waals surface area (Å²) in [5.74, 6) is 0.485. The van der Waals surface area contributed by atoms with E-state index in [0.29, 0.717) is 28.7 Å². The van der Waals surface area contributed by atoms with Crippen LogP contribution in [0.3, 0.4) is 0 Å². The van der Waals surface area contributed by atoms with Crippen molar-refractivity contribution in [3.8, 4) is 17.3 Å². The second kappa shape index (κ2) is 8.82. The maximum Gasteiger partial charge on any atom is 0.408 e. The lowest BCUT2D eigenvalue weighted by molar-refractivity contribution is 0.0501. The molecule has 3 rings (SSSR count). The van der Waals surface area contributed by atoms with Crippen LogP contribution in [0.1, 0.15) is 49.6 Å². The number of aryl methyl sites for hydroxylation is 2. The molecule has 0 radical (unpaired) electrons. The largest absolute Gasteiger partial charge is 0.444 e. The molecule has 2 aromatic heterocycles. The van der Waals surface area contributed by atoms with Crippen LogP contribution in [0.2, 0.25) is 5.15 Å². The highest BCUT2D eigenvalue weighted by Crippen LogP contribution is 2.29. The van der Waals surface area contributed by atoms with Gasteiger partial charge in [0.25, 0.3) is 0 Å². The van der Waals surface area contributed by atoms with Crippen molar-refractivity contribution < 1.29 is 9.53 Å². The van der Waals surface area contributed by atoms with Gasteiger partial charge in [0.2, 0.25) is 0 Å². The van der Waals surface area contributed by atoms with E-state index in [0.717, 1.165) is 17.0 Å². The number of rotatable bonds is 5. The van der Waals surface area contributed by atoms with Gasteiger partial charge in [0.05, 0.1) is 23.4 Å². The van der Waals surface area contributed by atoms with Crippen LogP contribution in [0.25, 0.3) is 11.3 Å². The molecule has 3 aromatic rings. The fourth-order valence-electron chi connectivity index (χ4n) is 3.04. The van der Waals surface area contributed by atoms with Crippen LogP contribution in [0.4, 0.5) is 4.79 Å². The van der Waals surface area contributed by atoms with E-state index in [1.54, 1.807) is 49.7 Å². The average Bonchev–Trinajstić information content (AvgIpc) is 3.21. The van der Waals surface area contributed by atoms with Crippen molar-refractivity contribution in [2.24, 2.45) is 7.05 Å². The lowest BCUT2D eigenvalue weighted by Gasteiger charge is -2.22. The predicted octanol–water partition coefficient (Wildman–Crippen LogP) is 4.45. The second-order valence-electron chi connectivity index (χ2n) is 8.28. The minimum Gasteiger partial charge on any atom is -0.444 e. The Bertz CT molecular complexity index is 1100. The normalized spacial score (nSPS) is 12.3. The van der Waals surface area contributed by atoms with Crippen molar-refractivity contribution in [1.82, 2.24) is 25.1 Å². The highest BCUT2D eigenvalue weighted by atomic mass is 35.5. The minimum atomic E-state index is -0.634. The van der Waals surface area contributed by atoms with Gasteiger partial charge in [0.1, 0.15) is 22.3 Å². The molecule has 0 fully saturated rings. The molecular weight excluding hydrogens is 416 g/mol. The number of alkyl carbamates (subject to hydrolysis) is 1. The van der Waals surface area contributed by atoms with Crippen LogP contribution >= 0.6 is 11.6 Å². The van der Waals surface area contributed by atoms with E-state index in [1.165, 1.54) is 0 Å². The molecule has 2 N–H and O–H groups in total. The van der Waals surface area contributed by atoms with Crippen LogP contribution in [-0.4, -0.2) is 31.4 Å². The fraction of sp³-hybridized carbons (Fsp3) is 0.364. The van der Waals surface area contributed by atoms with Crippen molar-refractivity contribution in [1.29, 1.82) is 5.26 Å². The monoisotopic (exact) mass is 440 g/mol. The van der Waals surface area contributed by atoms with Gasteiger partial charge >= 0.3 is 6.09 Å². The topological polar surface area (TPSA) is 109 Å². The predicted molar refractivity (Wildman–Crippen MR) is 118 cm³/mol. The second-order valence-corrected chi connectivity index (χ2v) is 8.66. The summed E-state index contributed by atoms with van der Waals surface area (Å²) in [6.07, 6.45) is -0.157. The Kier molecular flexibility index (Phi) is 6.37. The first kappa shape index (κ1) is 22.4. The Labute approximate surface area is 186 Å². The van der Waals surface area contributed by atoms with Gasteiger partial charge in [-0.3, -0.25) is 4.68 Å². The number of imidazole rings is 1. The number of nitrogens with one attached hydrogen (secondary N) is 2. The first-order valence-corrected chi connectivity index (χ1v) is 10.2. The highest BCUT2D eigenvalue weighted by Gasteiger charge is 2.25. The number of halogens is 1. The molecule has 0 saturated carbocycles. The molecule has 0 spiro atoms. The molecule has 31 heavy (non-hydrogen) atoms. The molecule has 0 aliphatic carbocycles. The Morgan fingerprint density at radius 2 is 2.03 bits per heavy atom. The third-order valence-corrected chi connectivity index (χ3v) is 4.84. The molecule has 1 atom stereocenters. The maximum atomic E-state index is 12.5. The molecule has 9 heteroatoms. The fourth-order valence-corrected chi connectivity index (χ4v) is 3.29. The van der Waals surface area contributed by atoms with Gasteiger partial charge in [-0.15, -0.1) is 0 Å². The number of nitriles is 1. The number of aromatic amines is 1. The SMILES string of the molecule is Cc1cc(C[C@H](NC(=O)OC(C)(C)C)c2nc(-c3ccc(C#N)cc3)c(Cl)[nH]2)nn1C. The lowest BCUT2D eigenvalue weighted by atomic mass is 10.1. The summed E-state index contributed by atoms with van der Waals surface area (Å²) in [4.78, 5) is 20.2. The number of benzene rings is 1. The first-order valence-electron chi connectivity index (χ1n) is 9.80. The zero-order chi connectivity index (χ0) is 22.8. The molecule has 0 saturated heterocycles. The molecule has 0 bridgehead atoms. The Hall–Kier alpha value is -3.31. The smallest absolute Gasteiger partial charge is 0.408 e. The Morgan fingerprint density at radius 3 is 2.58 bits per heavy atom. The van der Waals surface area contributed by atoms with Gasteiger partial charge < -0.3 is 15.0 Å². The molecule has 1 amide bonds. The third-order valence-electron chi connectivity index (χ3n) is 4.56. The lowest BCUT2D eigenvalue weighted by Crippen LogP contribution is -2.36. The van der Waals surface area contributed by atoms with Gasteiger partial charge in [-0.05, 0) is 45.9 Å². The number of amides is 1. The Balaban J connectivity index is 1.92. The maximum absolute atomic E-state index is 12.5. The summed E-state index contributed by atoms with van der Waals surface area (Å²) in [5, 5.41) is 16.7. The van der Waals surface area contributed by atoms with Gasteiger partial charge in [0, 0.05) is 24.7 Å². The average molecular weight is 441 g/mol. The zero-order valence-corrected chi connectivity index (χ0v) is 18.9. The van der Waals surface area contributed by atoms with Crippen LogP contribution in [-0.2, 0) is 18.2 Å². The molecule has 162 valence electrons. The molecular formula is C22H25ClN6O2. The van der Waals surface area contributed by atoms with Crippen LogP contribution in [0.15, 0.2) is 30.3 Å². The minimum absolute atomic E-state index is 0.341. The number of hydrogen-bond donors (Lipinski definition) is 2. The van der Waals surface area contributed by atoms with Crippen molar-refractivity contribution in [2.45, 2.75) is 45.8 Å². The summed E-state index contributed by atoms with van der Waals surface area (Å²) in [5.41, 5.74) is 3.01. The number of nitrogens with zero attached hydrogens (tertiary/aromatic N) is 4. The summed E-state index contributed by atoms with van der Waals surface area (Å²) in [6.45, 7) is 7.36. The Morgan fingerprint density at radius 1 is 1.35 bits per heavy atom. The number of aromatic nitrogens is 4. The van der Waals surface area contributed by atoms with E-state index in [9.17, 15) is 4.79 Å². The van der Waals surface area contributed by atoms with Crippen molar-refractivity contribution in [2.75, 3.05) is 0 Å². The highest BCUT2D eigenvalue weighted by molar-refractivity contribution is 6.31. The first-order chi connectivity index (χ1) is 14.6. The summed E-state index contributed by atoms with van der Waals surface area (Å²) >= 11 is 6.43. The van der Waals surface area contributed by atoms with Gasteiger partial charge in [0.15, 0.2) is 0 Å². The molecule has 8 nitrogen and oxygen atoms in total. The van der Waals surface area contributed by atoms with Crippen LogP contribution < -0.4 is 5.32 Å².